The van der Waals surface area contributed by atoms with E-state index in [4.69, 9.17) is 9.72 Å². The van der Waals surface area contributed by atoms with E-state index in [1.165, 1.54) is 21.2 Å². The number of thiazole rings is 1. The molecular weight excluding hydrogens is 496 g/mol. The smallest absolute Gasteiger partial charge is 0.243 e. The Morgan fingerprint density at radius 2 is 1.75 bits per heavy atom. The molecule has 0 atom stereocenters. The lowest BCUT2D eigenvalue weighted by molar-refractivity contribution is -0.123. The Balaban J connectivity index is 1.51. The van der Waals surface area contributed by atoms with Crippen LogP contribution in [0.2, 0.25) is 0 Å². The van der Waals surface area contributed by atoms with E-state index < -0.39 is 10.0 Å². The van der Waals surface area contributed by atoms with Crippen molar-refractivity contribution in [3.05, 3.63) is 47.5 Å². The lowest BCUT2D eigenvalue weighted by Gasteiger charge is -2.33. The van der Waals surface area contributed by atoms with E-state index in [1.807, 2.05) is 19.0 Å². The molecular formula is C26H34N4O4S2. The fraction of sp³-hybridized carbons (Fsp3) is 0.462. The number of aromatic nitrogens is 1. The van der Waals surface area contributed by atoms with Crippen molar-refractivity contribution >= 4 is 42.6 Å². The molecule has 0 bridgehead atoms. The number of ether oxygens (including phenoxy) is 1. The summed E-state index contributed by atoms with van der Waals surface area (Å²) in [6.45, 7) is 6.00. The molecule has 0 spiro atoms. The molecule has 1 fully saturated rings. The lowest BCUT2D eigenvalue weighted by atomic mass is 9.96. The Bertz CT molecular complexity index is 1330. The van der Waals surface area contributed by atoms with Gasteiger partial charge in [0.2, 0.25) is 15.9 Å². The molecule has 0 unspecified atom stereocenters. The van der Waals surface area contributed by atoms with Gasteiger partial charge >= 0.3 is 0 Å². The fourth-order valence-corrected chi connectivity index (χ4v) is 6.92. The Kier molecular flexibility index (Phi) is 7.99. The molecule has 1 aliphatic rings. The van der Waals surface area contributed by atoms with Gasteiger partial charge in [-0.25, -0.2) is 13.4 Å². The molecule has 0 saturated carbocycles. The topological polar surface area (TPSA) is 83.0 Å². The van der Waals surface area contributed by atoms with E-state index in [0.717, 1.165) is 15.8 Å². The molecule has 1 aliphatic heterocycles. The van der Waals surface area contributed by atoms with E-state index in [9.17, 15) is 13.2 Å². The summed E-state index contributed by atoms with van der Waals surface area (Å²) >= 11 is 1.54. The van der Waals surface area contributed by atoms with Gasteiger partial charge in [-0.15, -0.1) is 0 Å². The summed E-state index contributed by atoms with van der Waals surface area (Å²) in [6, 6.07) is 10.6. The van der Waals surface area contributed by atoms with Crippen LogP contribution < -0.4 is 9.64 Å². The second kappa shape index (κ2) is 10.8. The van der Waals surface area contributed by atoms with Crippen molar-refractivity contribution in [1.82, 2.24) is 14.2 Å². The molecule has 194 valence electrons. The Hall–Kier alpha value is -2.53. The number of amides is 1. The van der Waals surface area contributed by atoms with Crippen LogP contribution in [0.1, 0.15) is 24.0 Å². The number of hydrogen-bond donors (Lipinski definition) is 0. The highest BCUT2D eigenvalue weighted by molar-refractivity contribution is 7.89. The first-order chi connectivity index (χ1) is 17.1. The van der Waals surface area contributed by atoms with Crippen LogP contribution in [-0.2, 0) is 14.8 Å². The summed E-state index contributed by atoms with van der Waals surface area (Å²) in [4.78, 5) is 22.7. The molecule has 0 aliphatic carbocycles. The van der Waals surface area contributed by atoms with Crippen LogP contribution in [0.25, 0.3) is 10.2 Å². The van der Waals surface area contributed by atoms with Gasteiger partial charge in [0.1, 0.15) is 5.75 Å². The fourth-order valence-electron chi connectivity index (χ4n) is 4.39. The Morgan fingerprint density at radius 3 is 2.36 bits per heavy atom. The van der Waals surface area contributed by atoms with Gasteiger partial charge < -0.3 is 9.64 Å². The van der Waals surface area contributed by atoms with E-state index >= 15 is 0 Å². The highest BCUT2D eigenvalue weighted by Gasteiger charge is 2.35. The molecule has 10 heteroatoms. The van der Waals surface area contributed by atoms with Crippen LogP contribution in [0.4, 0.5) is 5.13 Å². The molecule has 2 heterocycles. The van der Waals surface area contributed by atoms with Crippen molar-refractivity contribution in [3.8, 4) is 5.75 Å². The number of likely N-dealkylation sites (N-methyl/N-ethyl adjacent to an activating group) is 1. The summed E-state index contributed by atoms with van der Waals surface area (Å²) in [5.41, 5.74) is 3.25. The van der Waals surface area contributed by atoms with Gasteiger partial charge in [-0.05, 0) is 82.2 Å². The number of sulfonamides is 1. The lowest BCUT2D eigenvalue weighted by Crippen LogP contribution is -2.46. The minimum Gasteiger partial charge on any atom is -0.497 e. The van der Waals surface area contributed by atoms with Crippen LogP contribution in [0.5, 0.6) is 5.75 Å². The first-order valence-electron chi connectivity index (χ1n) is 12.1. The number of carbonyl (C=O) groups is 1. The molecule has 8 nitrogen and oxygen atoms in total. The number of carbonyl (C=O) groups excluding carboxylic acids is 1. The number of anilines is 1. The van der Waals surface area contributed by atoms with Crippen LogP contribution in [0.3, 0.4) is 0 Å². The summed E-state index contributed by atoms with van der Waals surface area (Å²) in [6.07, 6.45) is 0.964. The van der Waals surface area contributed by atoms with Crippen molar-refractivity contribution in [1.29, 1.82) is 0 Å². The molecule has 36 heavy (non-hydrogen) atoms. The zero-order valence-electron chi connectivity index (χ0n) is 21.5. The standard InChI is InChI=1S/C26H34N4O4S2/c1-18-6-11-23-24(19(18)2)27-26(35-23)30(17-16-28(3)4)25(31)20-12-14-29(15-13-20)36(32,33)22-9-7-21(34-5)8-10-22/h6-11,20H,12-17H2,1-5H3. The molecule has 4 rings (SSSR count). The van der Waals surface area contributed by atoms with Gasteiger partial charge in [-0.1, -0.05) is 17.4 Å². The maximum absolute atomic E-state index is 13.7. The summed E-state index contributed by atoms with van der Waals surface area (Å²) in [5, 5.41) is 0.707. The molecule has 2 aromatic carbocycles. The van der Waals surface area contributed by atoms with Gasteiger partial charge in [0.15, 0.2) is 5.13 Å². The average Bonchev–Trinajstić information content (AvgIpc) is 3.31. The summed E-state index contributed by atoms with van der Waals surface area (Å²) in [5.74, 6) is 0.382. The largest absolute Gasteiger partial charge is 0.497 e. The molecule has 0 radical (unpaired) electrons. The van der Waals surface area contributed by atoms with Crippen molar-refractivity contribution in [2.24, 2.45) is 5.92 Å². The average molecular weight is 531 g/mol. The van der Waals surface area contributed by atoms with Gasteiger partial charge in [0, 0.05) is 32.1 Å². The number of fused-ring (bicyclic) bond motifs is 1. The van der Waals surface area contributed by atoms with Crippen LogP contribution in [0.15, 0.2) is 41.3 Å². The quantitative estimate of drug-likeness (QED) is 0.439. The third-order valence-corrected chi connectivity index (χ3v) is 9.80. The minimum atomic E-state index is -3.62. The van der Waals surface area contributed by atoms with E-state index in [0.29, 0.717) is 49.9 Å². The van der Waals surface area contributed by atoms with Gasteiger partial charge in [-0.3, -0.25) is 9.69 Å². The molecule has 3 aromatic rings. The number of benzene rings is 2. The van der Waals surface area contributed by atoms with E-state index in [-0.39, 0.29) is 16.7 Å². The van der Waals surface area contributed by atoms with Crippen molar-refractivity contribution in [2.45, 2.75) is 31.6 Å². The van der Waals surface area contributed by atoms with Crippen LogP contribution >= 0.6 is 11.3 Å². The summed E-state index contributed by atoms with van der Waals surface area (Å²) in [7, 11) is 1.89. The SMILES string of the molecule is COc1ccc(S(=O)(=O)N2CCC(C(=O)N(CCN(C)C)c3nc4c(C)c(C)ccc4s3)CC2)cc1. The molecule has 1 amide bonds. The van der Waals surface area contributed by atoms with E-state index in [1.54, 1.807) is 36.3 Å². The third kappa shape index (κ3) is 5.41. The number of piperidine rings is 1. The van der Waals surface area contributed by atoms with Crippen molar-refractivity contribution in [3.63, 3.8) is 0 Å². The van der Waals surface area contributed by atoms with Gasteiger partial charge in [0.05, 0.1) is 22.2 Å². The first kappa shape index (κ1) is 26.5. The maximum atomic E-state index is 13.7. The number of rotatable bonds is 8. The second-order valence-corrected chi connectivity index (χ2v) is 12.4. The normalized spacial score (nSPS) is 15.5. The Labute approximate surface area is 217 Å². The predicted molar refractivity (Wildman–Crippen MR) is 144 cm³/mol. The summed E-state index contributed by atoms with van der Waals surface area (Å²) < 4.78 is 33.9. The maximum Gasteiger partial charge on any atom is 0.243 e. The van der Waals surface area contributed by atoms with E-state index in [2.05, 4.69) is 26.0 Å². The van der Waals surface area contributed by atoms with Crippen molar-refractivity contribution in [2.75, 3.05) is 52.3 Å². The number of nitrogens with zero attached hydrogens (tertiary/aromatic N) is 4. The third-order valence-electron chi connectivity index (χ3n) is 6.84. The Morgan fingerprint density at radius 1 is 1.08 bits per heavy atom. The molecule has 1 aromatic heterocycles. The monoisotopic (exact) mass is 530 g/mol. The zero-order valence-corrected chi connectivity index (χ0v) is 23.2. The highest BCUT2D eigenvalue weighted by Crippen LogP contribution is 2.34. The van der Waals surface area contributed by atoms with Crippen molar-refractivity contribution < 1.29 is 17.9 Å². The van der Waals surface area contributed by atoms with Gasteiger partial charge in [0.25, 0.3) is 0 Å². The second-order valence-electron chi connectivity index (χ2n) is 9.50. The first-order valence-corrected chi connectivity index (χ1v) is 14.3. The highest BCUT2D eigenvalue weighted by atomic mass is 32.2. The zero-order chi connectivity index (χ0) is 26.0. The van der Waals surface area contributed by atoms with Gasteiger partial charge in [-0.2, -0.15) is 4.31 Å². The number of aryl methyl sites for hydroxylation is 2. The number of hydrogen-bond acceptors (Lipinski definition) is 7. The molecule has 0 N–H and O–H groups in total. The minimum absolute atomic E-state index is 0.0202. The van der Waals surface area contributed by atoms with Crippen LogP contribution in [0, 0.1) is 19.8 Å². The molecule has 1 saturated heterocycles. The van der Waals surface area contributed by atoms with Crippen LogP contribution in [-0.4, -0.2) is 75.9 Å². The number of methoxy groups -OCH3 is 1. The predicted octanol–water partition coefficient (Wildman–Crippen LogP) is 3.92.